The van der Waals surface area contributed by atoms with Crippen molar-refractivity contribution >= 4 is 22.7 Å². The molecule has 1 fully saturated rings. The highest BCUT2D eigenvalue weighted by molar-refractivity contribution is 8.22. The summed E-state index contributed by atoms with van der Waals surface area (Å²) in [6, 6.07) is 13.1. The van der Waals surface area contributed by atoms with Crippen LogP contribution in [0.2, 0.25) is 0 Å². The van der Waals surface area contributed by atoms with Crippen molar-refractivity contribution in [1.82, 2.24) is 9.29 Å². The van der Waals surface area contributed by atoms with Crippen molar-refractivity contribution < 1.29 is 53.6 Å². The molecule has 2 aliphatic heterocycles. The molecule has 2 aromatic carbocycles. The van der Waals surface area contributed by atoms with E-state index in [4.69, 9.17) is 4.74 Å². The highest BCUT2D eigenvalue weighted by atomic mass is 32.3. The lowest BCUT2D eigenvalue weighted by atomic mass is 10.1. The molecule has 5 rings (SSSR count). The monoisotopic (exact) mass is 589 g/mol. The first-order valence-electron chi connectivity index (χ1n) is 11.9. The van der Waals surface area contributed by atoms with Gasteiger partial charge in [0.1, 0.15) is 17.3 Å². The number of carbonyl (C=O) groups is 1. The van der Waals surface area contributed by atoms with Gasteiger partial charge in [0.05, 0.1) is 28.8 Å². The van der Waals surface area contributed by atoms with E-state index in [9.17, 15) is 36.6 Å². The van der Waals surface area contributed by atoms with E-state index in [0.717, 1.165) is 18.6 Å². The third-order valence-electron chi connectivity index (χ3n) is 6.26. The summed E-state index contributed by atoms with van der Waals surface area (Å²) >= 11 is 0. The maximum absolute atomic E-state index is 14.0. The van der Waals surface area contributed by atoms with Crippen LogP contribution in [-0.4, -0.2) is 55.1 Å². The molecule has 15 heteroatoms. The van der Waals surface area contributed by atoms with Gasteiger partial charge in [-0.25, -0.2) is 14.5 Å². The van der Waals surface area contributed by atoms with Crippen LogP contribution < -0.4 is 14.8 Å². The van der Waals surface area contributed by atoms with Gasteiger partial charge in [0.2, 0.25) is 0 Å². The van der Waals surface area contributed by atoms with Gasteiger partial charge >= 0.3 is 18.5 Å². The SMILES string of the molecule is O=C(Nc1cccc(-c2ccc(S(O)(O)N3CCC[C@@H]3CO)cc2)n1)Oc1ccc2c(c1)C(F)(F)OC(F)(F)O2.[HH].[HH]. The van der Waals surface area contributed by atoms with Crippen molar-refractivity contribution in [2.24, 2.45) is 0 Å². The average Bonchev–Trinajstić information content (AvgIpc) is 3.38. The van der Waals surface area contributed by atoms with Crippen LogP contribution >= 0.6 is 10.8 Å². The molecule has 0 bridgehead atoms. The molecule has 40 heavy (non-hydrogen) atoms. The highest BCUT2D eigenvalue weighted by Gasteiger charge is 2.54. The first-order chi connectivity index (χ1) is 18.9. The van der Waals surface area contributed by atoms with Crippen LogP contribution in [0.1, 0.15) is 21.3 Å². The number of anilines is 1. The lowest BCUT2D eigenvalue weighted by Gasteiger charge is -2.43. The Hall–Kier alpha value is -3.47. The van der Waals surface area contributed by atoms with E-state index >= 15 is 0 Å². The second-order valence-corrected chi connectivity index (χ2v) is 10.9. The number of hydrogen-bond acceptors (Lipinski definition) is 9. The number of aliphatic hydroxyl groups excluding tert-OH is 1. The van der Waals surface area contributed by atoms with Gasteiger partial charge in [-0.3, -0.25) is 14.4 Å². The van der Waals surface area contributed by atoms with Gasteiger partial charge in [-0.15, -0.1) is 19.6 Å². The number of halogens is 4. The number of ether oxygens (including phenoxy) is 3. The zero-order valence-corrected chi connectivity index (χ0v) is 21.3. The van der Waals surface area contributed by atoms with Crippen LogP contribution in [-0.2, 0) is 10.8 Å². The summed E-state index contributed by atoms with van der Waals surface area (Å²) in [5.41, 5.74) is -0.0378. The molecule has 1 atom stereocenters. The Kier molecular flexibility index (Phi) is 7.37. The summed E-state index contributed by atoms with van der Waals surface area (Å²) in [5, 5.41) is 11.9. The van der Waals surface area contributed by atoms with Gasteiger partial charge in [-0.2, -0.15) is 13.1 Å². The van der Waals surface area contributed by atoms with Crippen molar-refractivity contribution in [3.05, 3.63) is 66.2 Å². The number of carbonyl (C=O) groups excluding carboxylic acids is 1. The molecule has 1 amide bonds. The van der Waals surface area contributed by atoms with E-state index in [0.29, 0.717) is 30.3 Å². The van der Waals surface area contributed by atoms with Gasteiger partial charge < -0.3 is 14.6 Å². The summed E-state index contributed by atoms with van der Waals surface area (Å²) in [5.74, 6) is -1.17. The van der Waals surface area contributed by atoms with Gasteiger partial charge in [0, 0.05) is 15.0 Å². The van der Waals surface area contributed by atoms with Crippen LogP contribution in [0.3, 0.4) is 0 Å². The molecule has 4 N–H and O–H groups in total. The number of benzene rings is 2. The standard InChI is InChI=1S/C25H23F4N3O7S.2H2/c26-24(27)19-13-17(8-11-21(19)38-25(28,29)39-24)37-23(34)31-22-5-1-4-20(30-22)15-6-9-18(10-7-15)40(35,36)32-12-2-3-16(32)14-33;;/h1,4-11,13,16,33,35-36H,2-3,12,14H2,(H,30,31,34);2*1H/t16-;;/m1../s1. The predicted octanol–water partition coefficient (Wildman–Crippen LogP) is 6.34. The van der Waals surface area contributed by atoms with E-state index in [1.807, 2.05) is 0 Å². The molecule has 218 valence electrons. The van der Waals surface area contributed by atoms with Crippen molar-refractivity contribution in [2.45, 2.75) is 36.2 Å². The van der Waals surface area contributed by atoms with Crippen LogP contribution in [0.4, 0.5) is 28.2 Å². The number of hydrogen-bond donors (Lipinski definition) is 4. The first-order valence-corrected chi connectivity index (χ1v) is 13.4. The molecular weight excluding hydrogens is 562 g/mol. The maximum Gasteiger partial charge on any atom is 0.540 e. The first kappa shape index (κ1) is 28.1. The molecule has 10 nitrogen and oxygen atoms in total. The second-order valence-electron chi connectivity index (χ2n) is 8.93. The average molecular weight is 590 g/mol. The Morgan fingerprint density at radius 1 is 1.15 bits per heavy atom. The smallest absolute Gasteiger partial charge is 0.410 e. The molecule has 0 radical (unpaired) electrons. The van der Waals surface area contributed by atoms with Crippen LogP contribution in [0, 0.1) is 0 Å². The summed E-state index contributed by atoms with van der Waals surface area (Å²) in [6.07, 6.45) is -8.60. The fourth-order valence-electron chi connectivity index (χ4n) is 4.41. The van der Waals surface area contributed by atoms with E-state index in [-0.39, 0.29) is 32.0 Å². The number of nitrogens with one attached hydrogen (secondary N) is 1. The van der Waals surface area contributed by atoms with E-state index in [1.54, 1.807) is 36.4 Å². The Morgan fingerprint density at radius 2 is 1.90 bits per heavy atom. The minimum atomic E-state index is -4.52. The summed E-state index contributed by atoms with van der Waals surface area (Å²) < 4.78 is 89.9. The molecule has 0 unspecified atom stereocenters. The Morgan fingerprint density at radius 3 is 2.62 bits per heavy atom. The third-order valence-corrected chi connectivity index (χ3v) is 8.30. The largest absolute Gasteiger partial charge is 0.540 e. The Bertz CT molecular complexity index is 1420. The molecule has 3 heterocycles. The maximum atomic E-state index is 14.0. The number of nitrogens with zero attached hydrogens (tertiary/aromatic N) is 2. The van der Waals surface area contributed by atoms with Crippen molar-refractivity contribution in [2.75, 3.05) is 18.5 Å². The fraction of sp³-hybridized carbons (Fsp3) is 0.280. The fourth-order valence-corrected chi connectivity index (χ4v) is 6.16. The van der Waals surface area contributed by atoms with E-state index in [2.05, 4.69) is 19.8 Å². The van der Waals surface area contributed by atoms with E-state index < -0.39 is 40.6 Å². The summed E-state index contributed by atoms with van der Waals surface area (Å²) in [4.78, 5) is 17.0. The number of aromatic nitrogens is 1. The zero-order chi connectivity index (χ0) is 28.7. The number of fused-ring (bicyclic) bond motifs is 1. The molecule has 0 saturated carbocycles. The van der Waals surface area contributed by atoms with Crippen LogP contribution in [0.5, 0.6) is 11.5 Å². The zero-order valence-electron chi connectivity index (χ0n) is 20.5. The number of aliphatic hydroxyl groups is 1. The highest BCUT2D eigenvalue weighted by Crippen LogP contribution is 2.54. The molecule has 3 aromatic rings. The number of amides is 1. The minimum absolute atomic E-state index is 0. The number of alkyl halides is 4. The molecule has 1 aromatic heterocycles. The molecule has 0 aliphatic carbocycles. The van der Waals surface area contributed by atoms with Crippen LogP contribution in [0.15, 0.2) is 65.6 Å². The van der Waals surface area contributed by atoms with E-state index in [1.165, 1.54) is 10.4 Å². The van der Waals surface area contributed by atoms with Gasteiger partial charge in [-0.1, -0.05) is 18.2 Å². The summed E-state index contributed by atoms with van der Waals surface area (Å²) in [7, 11) is -3.29. The summed E-state index contributed by atoms with van der Waals surface area (Å²) in [6.45, 7) is 0.271. The van der Waals surface area contributed by atoms with Crippen molar-refractivity contribution in [3.63, 3.8) is 0 Å². The Balaban J connectivity index is 0.00000242. The van der Waals surface area contributed by atoms with Crippen molar-refractivity contribution in [3.8, 4) is 22.8 Å². The normalized spacial score (nSPS) is 20.3. The lowest BCUT2D eigenvalue weighted by Crippen LogP contribution is -2.41. The molecular formula is C25H27F4N3O7S. The lowest BCUT2D eigenvalue weighted by molar-refractivity contribution is -0.461. The number of rotatable bonds is 6. The third kappa shape index (κ3) is 5.70. The minimum Gasteiger partial charge on any atom is -0.410 e. The van der Waals surface area contributed by atoms with Crippen molar-refractivity contribution in [1.29, 1.82) is 0 Å². The van der Waals surface area contributed by atoms with Gasteiger partial charge in [-0.05, 0) is 55.3 Å². The molecule has 0 spiro atoms. The molecule has 1 saturated heterocycles. The second kappa shape index (κ2) is 10.5. The predicted molar refractivity (Wildman–Crippen MR) is 138 cm³/mol. The van der Waals surface area contributed by atoms with Gasteiger partial charge in [0.15, 0.2) is 0 Å². The topological polar surface area (TPSA) is 134 Å². The van der Waals surface area contributed by atoms with Crippen LogP contribution in [0.25, 0.3) is 11.3 Å². The number of pyridine rings is 1. The Labute approximate surface area is 229 Å². The quantitative estimate of drug-likeness (QED) is 0.243. The molecule has 2 aliphatic rings. The van der Waals surface area contributed by atoms with Gasteiger partial charge in [0.25, 0.3) is 0 Å².